The Hall–Kier alpha value is -1.82. The van der Waals surface area contributed by atoms with E-state index in [1.165, 1.54) is 22.9 Å². The molecule has 1 aromatic heterocycles. The maximum Gasteiger partial charge on any atom is 0.253 e. The minimum atomic E-state index is -0.258. The highest BCUT2D eigenvalue weighted by Gasteiger charge is 2.11. The van der Waals surface area contributed by atoms with Crippen LogP contribution in [0.3, 0.4) is 0 Å². The molecule has 1 aromatic carbocycles. The highest BCUT2D eigenvalue weighted by Crippen LogP contribution is 2.15. The Morgan fingerprint density at radius 3 is 2.65 bits per heavy atom. The Morgan fingerprint density at radius 2 is 2.00 bits per heavy atom. The van der Waals surface area contributed by atoms with Crippen LogP contribution in [0.1, 0.15) is 22.8 Å². The first-order valence-corrected chi connectivity index (χ1v) is 7.34. The van der Waals surface area contributed by atoms with Gasteiger partial charge >= 0.3 is 0 Å². The van der Waals surface area contributed by atoms with Crippen molar-refractivity contribution in [2.75, 3.05) is 6.54 Å². The van der Waals surface area contributed by atoms with Crippen molar-refractivity contribution in [3.05, 3.63) is 69.1 Å². The molecule has 0 aliphatic heterocycles. The van der Waals surface area contributed by atoms with Crippen molar-refractivity contribution in [3.8, 4) is 0 Å². The average molecular weight is 356 g/mol. The predicted molar refractivity (Wildman–Crippen MR) is 94.5 cm³/mol. The van der Waals surface area contributed by atoms with Crippen molar-refractivity contribution in [3.63, 3.8) is 0 Å². The maximum atomic E-state index is 12.1. The van der Waals surface area contributed by atoms with Crippen LogP contribution in [0.2, 0.25) is 5.02 Å². The zero-order valence-electron chi connectivity index (χ0n) is 12.7. The lowest BCUT2D eigenvalue weighted by Gasteiger charge is -2.13. The summed E-state index contributed by atoms with van der Waals surface area (Å²) < 4.78 is 1.46. The van der Waals surface area contributed by atoms with E-state index in [1.807, 2.05) is 25.1 Å². The molecule has 2 rings (SSSR count). The molecule has 0 radical (unpaired) electrons. The number of hydrogen-bond acceptors (Lipinski definition) is 3. The van der Waals surface area contributed by atoms with Crippen LogP contribution in [0.4, 0.5) is 0 Å². The summed E-state index contributed by atoms with van der Waals surface area (Å²) in [6.07, 6.45) is 1.53. The maximum absolute atomic E-state index is 12.1. The van der Waals surface area contributed by atoms with Gasteiger partial charge in [0.15, 0.2) is 0 Å². The molecule has 0 unspecified atom stereocenters. The predicted octanol–water partition coefficient (Wildman–Crippen LogP) is 2.05. The fourth-order valence-corrected chi connectivity index (χ4v) is 2.16. The molecular formula is C16H19Cl2N3O2. The summed E-state index contributed by atoms with van der Waals surface area (Å²) >= 11 is 6.11. The summed E-state index contributed by atoms with van der Waals surface area (Å²) in [5.41, 5.74) is 6.52. The van der Waals surface area contributed by atoms with Gasteiger partial charge in [0.05, 0.1) is 12.1 Å². The zero-order valence-corrected chi connectivity index (χ0v) is 14.2. The van der Waals surface area contributed by atoms with E-state index in [-0.39, 0.29) is 29.9 Å². The van der Waals surface area contributed by atoms with Crippen molar-refractivity contribution in [1.82, 2.24) is 9.88 Å². The van der Waals surface area contributed by atoms with E-state index in [0.29, 0.717) is 23.7 Å². The number of nitrogens with one attached hydrogen (secondary N) is 1. The molecule has 0 aliphatic carbocycles. The number of aromatic nitrogens is 1. The minimum absolute atomic E-state index is 0. The number of rotatable bonds is 5. The van der Waals surface area contributed by atoms with Crippen molar-refractivity contribution in [2.24, 2.45) is 5.73 Å². The van der Waals surface area contributed by atoms with Gasteiger partial charge in [0, 0.05) is 29.9 Å². The van der Waals surface area contributed by atoms with E-state index in [1.54, 1.807) is 6.07 Å². The first-order valence-electron chi connectivity index (χ1n) is 6.96. The molecule has 2 aromatic rings. The zero-order chi connectivity index (χ0) is 16.1. The molecule has 1 atom stereocenters. The second-order valence-corrected chi connectivity index (χ2v) is 5.49. The second kappa shape index (κ2) is 8.72. The average Bonchev–Trinajstić information content (AvgIpc) is 2.51. The fourth-order valence-electron chi connectivity index (χ4n) is 1.97. The first-order chi connectivity index (χ1) is 10.5. The number of benzene rings is 1. The number of carbonyl (C=O) groups is 1. The van der Waals surface area contributed by atoms with Crippen LogP contribution in [-0.2, 0) is 6.54 Å². The summed E-state index contributed by atoms with van der Waals surface area (Å²) in [5, 5.41) is 3.35. The van der Waals surface area contributed by atoms with E-state index in [4.69, 9.17) is 17.3 Å². The van der Waals surface area contributed by atoms with Crippen LogP contribution in [0.5, 0.6) is 0 Å². The summed E-state index contributed by atoms with van der Waals surface area (Å²) in [6.45, 7) is 2.48. The molecule has 3 N–H and O–H groups in total. The van der Waals surface area contributed by atoms with E-state index in [2.05, 4.69) is 5.32 Å². The highest BCUT2D eigenvalue weighted by atomic mass is 35.5. The third-order valence-electron chi connectivity index (χ3n) is 3.28. The van der Waals surface area contributed by atoms with Gasteiger partial charge in [-0.05, 0) is 24.6 Å². The van der Waals surface area contributed by atoms with Crippen molar-refractivity contribution in [1.29, 1.82) is 0 Å². The molecule has 23 heavy (non-hydrogen) atoms. The van der Waals surface area contributed by atoms with Crippen LogP contribution in [0, 0.1) is 0 Å². The number of pyridine rings is 1. The lowest BCUT2D eigenvalue weighted by Crippen LogP contribution is -2.38. The van der Waals surface area contributed by atoms with E-state index in [9.17, 15) is 9.59 Å². The van der Waals surface area contributed by atoms with Gasteiger partial charge in [-0.1, -0.05) is 29.8 Å². The Morgan fingerprint density at radius 1 is 1.30 bits per heavy atom. The molecule has 0 saturated carbocycles. The van der Waals surface area contributed by atoms with Gasteiger partial charge in [-0.25, -0.2) is 0 Å². The number of amides is 1. The first kappa shape index (κ1) is 19.2. The molecule has 0 fully saturated rings. The Balaban J connectivity index is 0.00000264. The van der Waals surface area contributed by atoms with Gasteiger partial charge in [-0.15, -0.1) is 12.4 Å². The van der Waals surface area contributed by atoms with Crippen molar-refractivity contribution in [2.45, 2.75) is 19.5 Å². The monoisotopic (exact) mass is 355 g/mol. The Labute approximate surface area is 145 Å². The van der Waals surface area contributed by atoms with Gasteiger partial charge < -0.3 is 15.6 Å². The molecule has 1 heterocycles. The summed E-state index contributed by atoms with van der Waals surface area (Å²) in [4.78, 5) is 24.0. The Bertz CT molecular complexity index is 731. The standard InChI is InChI=1S/C16H18ClN3O2.ClH/c1-11(8-18)19-16(22)13-6-7-15(21)20(10-13)9-12-4-2-3-5-14(12)17;/h2-7,10-11H,8-9,18H2,1H3,(H,19,22);1H/t11-;/m0./s1. The van der Waals surface area contributed by atoms with Crippen LogP contribution < -0.4 is 16.6 Å². The number of nitrogens with two attached hydrogens (primary N) is 1. The third-order valence-corrected chi connectivity index (χ3v) is 3.64. The number of nitrogens with zero attached hydrogens (tertiary/aromatic N) is 1. The lowest BCUT2D eigenvalue weighted by atomic mass is 10.2. The van der Waals surface area contributed by atoms with Crippen LogP contribution in [0.15, 0.2) is 47.4 Å². The third kappa shape index (κ3) is 5.10. The summed E-state index contributed by atoms with van der Waals surface area (Å²) in [7, 11) is 0. The van der Waals surface area contributed by atoms with Crippen LogP contribution >= 0.6 is 24.0 Å². The summed E-state index contributed by atoms with van der Waals surface area (Å²) in [6, 6.07) is 10.0. The smallest absolute Gasteiger partial charge is 0.253 e. The SMILES string of the molecule is C[C@@H](CN)NC(=O)c1ccc(=O)n(Cc2ccccc2Cl)c1.Cl. The molecule has 7 heteroatoms. The van der Waals surface area contributed by atoms with Crippen LogP contribution in [-0.4, -0.2) is 23.1 Å². The fraction of sp³-hybridized carbons (Fsp3) is 0.250. The molecule has 124 valence electrons. The molecule has 0 bridgehead atoms. The molecule has 0 spiro atoms. The number of halogens is 2. The van der Waals surface area contributed by atoms with Gasteiger partial charge in [-0.2, -0.15) is 0 Å². The normalized spacial score (nSPS) is 11.4. The van der Waals surface area contributed by atoms with Gasteiger partial charge in [0.25, 0.3) is 11.5 Å². The Kier molecular flexibility index (Phi) is 7.29. The molecule has 1 amide bonds. The highest BCUT2D eigenvalue weighted by molar-refractivity contribution is 6.31. The lowest BCUT2D eigenvalue weighted by molar-refractivity contribution is 0.0940. The van der Waals surface area contributed by atoms with Crippen molar-refractivity contribution >= 4 is 29.9 Å². The van der Waals surface area contributed by atoms with E-state index < -0.39 is 0 Å². The van der Waals surface area contributed by atoms with E-state index >= 15 is 0 Å². The molecular weight excluding hydrogens is 337 g/mol. The van der Waals surface area contributed by atoms with Gasteiger partial charge in [-0.3, -0.25) is 9.59 Å². The topological polar surface area (TPSA) is 77.1 Å². The van der Waals surface area contributed by atoms with Gasteiger partial charge in [0.1, 0.15) is 0 Å². The number of hydrogen-bond donors (Lipinski definition) is 2. The largest absolute Gasteiger partial charge is 0.348 e. The van der Waals surface area contributed by atoms with E-state index in [0.717, 1.165) is 5.56 Å². The minimum Gasteiger partial charge on any atom is -0.348 e. The summed E-state index contributed by atoms with van der Waals surface area (Å²) in [5.74, 6) is -0.258. The van der Waals surface area contributed by atoms with Crippen LogP contribution in [0.25, 0.3) is 0 Å². The quantitative estimate of drug-likeness (QED) is 0.861. The number of carbonyl (C=O) groups excluding carboxylic acids is 1. The molecule has 0 aliphatic rings. The van der Waals surface area contributed by atoms with Crippen molar-refractivity contribution < 1.29 is 4.79 Å². The van der Waals surface area contributed by atoms with Gasteiger partial charge in [0.2, 0.25) is 0 Å². The molecule has 5 nitrogen and oxygen atoms in total. The second-order valence-electron chi connectivity index (χ2n) is 5.09. The molecule has 0 saturated heterocycles.